The van der Waals surface area contributed by atoms with Crippen molar-refractivity contribution in [3.8, 4) is 17.6 Å². The number of alkyl halides is 1. The Labute approximate surface area is 163 Å². The van der Waals surface area contributed by atoms with Crippen LogP contribution in [0.1, 0.15) is 29.8 Å². The maximum absolute atomic E-state index is 6.19. The molecule has 1 aromatic heterocycles. The average molecular weight is 382 g/mol. The Morgan fingerprint density at radius 3 is 2.48 bits per heavy atom. The van der Waals surface area contributed by atoms with Gasteiger partial charge >= 0.3 is 0 Å². The second kappa shape index (κ2) is 8.72. The van der Waals surface area contributed by atoms with Crippen LogP contribution in [0.25, 0.3) is 0 Å². The van der Waals surface area contributed by atoms with E-state index in [1.54, 1.807) is 7.11 Å². The Morgan fingerprint density at radius 1 is 1.07 bits per heavy atom. The molecule has 5 nitrogen and oxygen atoms in total. The van der Waals surface area contributed by atoms with Crippen LogP contribution < -0.4 is 10.1 Å². The van der Waals surface area contributed by atoms with Crippen molar-refractivity contribution >= 4 is 11.6 Å². The van der Waals surface area contributed by atoms with Gasteiger partial charge in [0.2, 0.25) is 5.89 Å². The van der Waals surface area contributed by atoms with Gasteiger partial charge in [0.1, 0.15) is 11.3 Å². The van der Waals surface area contributed by atoms with Gasteiger partial charge in [-0.15, -0.1) is 16.7 Å². The maximum Gasteiger partial charge on any atom is 0.294 e. The predicted octanol–water partition coefficient (Wildman–Crippen LogP) is 3.72. The van der Waals surface area contributed by atoms with Crippen LogP contribution in [0.15, 0.2) is 59.0 Å². The molecular formula is C21H20ClN3O2. The van der Waals surface area contributed by atoms with E-state index in [-0.39, 0.29) is 11.8 Å². The molecule has 2 aromatic carbocycles. The molecule has 6 heteroatoms. The predicted molar refractivity (Wildman–Crippen MR) is 105 cm³/mol. The van der Waals surface area contributed by atoms with Crippen molar-refractivity contribution in [3.05, 3.63) is 77.5 Å². The van der Waals surface area contributed by atoms with E-state index in [1.807, 2.05) is 61.5 Å². The van der Waals surface area contributed by atoms with Crippen molar-refractivity contribution in [2.24, 2.45) is 0 Å². The summed E-state index contributed by atoms with van der Waals surface area (Å²) >= 11 is 6.19. The number of benzene rings is 2. The lowest BCUT2D eigenvalue weighted by Crippen LogP contribution is -2.41. The van der Waals surface area contributed by atoms with Crippen LogP contribution in [-0.4, -0.2) is 23.2 Å². The zero-order chi connectivity index (χ0) is 19.1. The van der Waals surface area contributed by atoms with Crippen LogP contribution in [0.4, 0.5) is 0 Å². The number of ether oxygens (including phenoxy) is 1. The highest BCUT2D eigenvalue weighted by Crippen LogP contribution is 2.22. The minimum absolute atomic E-state index is 0.261. The molecule has 0 bridgehead atoms. The van der Waals surface area contributed by atoms with E-state index >= 15 is 0 Å². The molecule has 3 aromatic rings. The molecule has 138 valence electrons. The van der Waals surface area contributed by atoms with E-state index in [4.69, 9.17) is 20.8 Å². The normalized spacial score (nSPS) is 12.7. The summed E-state index contributed by atoms with van der Waals surface area (Å²) in [7, 11) is 1.64. The molecular weight excluding hydrogens is 362 g/mol. The van der Waals surface area contributed by atoms with Gasteiger partial charge in [0.25, 0.3) is 5.89 Å². The first-order valence-electron chi connectivity index (χ1n) is 8.48. The molecule has 1 unspecified atom stereocenters. The number of nitrogens with one attached hydrogen (secondary N) is 1. The van der Waals surface area contributed by atoms with Crippen molar-refractivity contribution in [1.82, 2.24) is 15.5 Å². The zero-order valence-electron chi connectivity index (χ0n) is 15.2. The van der Waals surface area contributed by atoms with Crippen molar-refractivity contribution in [2.75, 3.05) is 13.0 Å². The van der Waals surface area contributed by atoms with Gasteiger partial charge in [0.15, 0.2) is 0 Å². The summed E-state index contributed by atoms with van der Waals surface area (Å²) in [5.41, 5.74) is 1.31. The van der Waals surface area contributed by atoms with Crippen molar-refractivity contribution < 1.29 is 9.15 Å². The second-order valence-corrected chi connectivity index (χ2v) is 6.46. The van der Waals surface area contributed by atoms with Crippen LogP contribution >= 0.6 is 11.6 Å². The van der Waals surface area contributed by atoms with Gasteiger partial charge in [-0.05, 0) is 42.7 Å². The Bertz CT molecular complexity index is 929. The lowest BCUT2D eigenvalue weighted by molar-refractivity contribution is 0.307. The highest BCUT2D eigenvalue weighted by molar-refractivity contribution is 6.18. The van der Waals surface area contributed by atoms with Crippen LogP contribution in [0.5, 0.6) is 5.75 Å². The number of halogens is 1. The van der Waals surface area contributed by atoms with E-state index in [0.717, 1.165) is 16.9 Å². The molecule has 0 spiro atoms. The molecule has 3 rings (SSSR count). The van der Waals surface area contributed by atoms with Gasteiger partial charge < -0.3 is 9.15 Å². The Morgan fingerprint density at radius 2 is 1.81 bits per heavy atom. The minimum Gasteiger partial charge on any atom is -0.497 e. The fraction of sp³-hybridized carbons (Fsp3) is 0.238. The van der Waals surface area contributed by atoms with Crippen LogP contribution in [0, 0.1) is 11.8 Å². The van der Waals surface area contributed by atoms with Gasteiger partial charge in [-0.3, -0.25) is 5.32 Å². The van der Waals surface area contributed by atoms with Crippen molar-refractivity contribution in [1.29, 1.82) is 0 Å². The number of hydrogen-bond acceptors (Lipinski definition) is 5. The van der Waals surface area contributed by atoms with Gasteiger partial charge in [0.05, 0.1) is 7.11 Å². The first-order chi connectivity index (χ1) is 13.1. The van der Waals surface area contributed by atoms with Gasteiger partial charge in [-0.25, -0.2) is 0 Å². The third kappa shape index (κ3) is 4.88. The Kier molecular flexibility index (Phi) is 6.12. The molecule has 0 saturated carbocycles. The van der Waals surface area contributed by atoms with Crippen molar-refractivity contribution in [2.45, 2.75) is 19.0 Å². The smallest absolute Gasteiger partial charge is 0.294 e. The summed E-state index contributed by atoms with van der Waals surface area (Å²) in [6.07, 6.45) is 0. The maximum atomic E-state index is 6.19. The van der Waals surface area contributed by atoms with E-state index < -0.39 is 5.54 Å². The second-order valence-electron chi connectivity index (χ2n) is 6.20. The van der Waals surface area contributed by atoms with E-state index in [9.17, 15) is 0 Å². The third-order valence-electron chi connectivity index (χ3n) is 4.09. The average Bonchev–Trinajstić information content (AvgIpc) is 3.21. The molecule has 1 heterocycles. The number of rotatable bonds is 6. The minimum atomic E-state index is -0.666. The van der Waals surface area contributed by atoms with Gasteiger partial charge in [-0.1, -0.05) is 41.4 Å². The van der Waals surface area contributed by atoms with Crippen LogP contribution in [0.3, 0.4) is 0 Å². The summed E-state index contributed by atoms with van der Waals surface area (Å²) < 4.78 is 10.9. The summed E-state index contributed by atoms with van der Waals surface area (Å²) in [5, 5.41) is 11.5. The topological polar surface area (TPSA) is 60.2 Å². The summed E-state index contributed by atoms with van der Waals surface area (Å²) in [6, 6.07) is 17.4. The van der Waals surface area contributed by atoms with Gasteiger partial charge in [0, 0.05) is 18.0 Å². The molecule has 27 heavy (non-hydrogen) atoms. The fourth-order valence-electron chi connectivity index (χ4n) is 2.36. The third-order valence-corrected chi connectivity index (χ3v) is 4.63. The number of methoxy groups -OCH3 is 1. The molecule has 1 N–H and O–H groups in total. The van der Waals surface area contributed by atoms with Crippen LogP contribution in [-0.2, 0) is 12.1 Å². The Hall–Kier alpha value is -2.81. The monoisotopic (exact) mass is 381 g/mol. The highest BCUT2D eigenvalue weighted by atomic mass is 35.5. The number of aromatic nitrogens is 2. The molecule has 0 fully saturated rings. The summed E-state index contributed by atoms with van der Waals surface area (Å²) in [5.74, 6) is 7.65. The highest BCUT2D eigenvalue weighted by Gasteiger charge is 2.31. The molecule has 1 atom stereocenters. The summed E-state index contributed by atoms with van der Waals surface area (Å²) in [4.78, 5) is 0. The van der Waals surface area contributed by atoms with Crippen LogP contribution in [0.2, 0.25) is 0 Å². The van der Waals surface area contributed by atoms with Crippen molar-refractivity contribution in [3.63, 3.8) is 0 Å². The molecule has 0 aliphatic rings. The van der Waals surface area contributed by atoms with E-state index in [0.29, 0.717) is 12.4 Å². The van der Waals surface area contributed by atoms with Gasteiger partial charge in [-0.2, -0.15) is 0 Å². The first kappa shape index (κ1) is 19.0. The zero-order valence-corrected chi connectivity index (χ0v) is 16.0. The molecule has 0 amide bonds. The lowest BCUT2D eigenvalue weighted by atomic mass is 10.0. The quantitative estimate of drug-likeness (QED) is 0.521. The lowest BCUT2D eigenvalue weighted by Gasteiger charge is -2.24. The fourth-order valence-corrected chi connectivity index (χ4v) is 2.57. The standard InChI is InChI=1S/C21H20ClN3O2/c1-21(15-22,23-14-17-8-11-18(26-2)12-9-17)20-25-24-19(27-20)13-10-16-6-4-3-5-7-16/h3-9,11-12,23H,14-15H2,1-2H3. The largest absolute Gasteiger partial charge is 0.497 e. The number of nitrogens with zero attached hydrogens (tertiary/aromatic N) is 2. The molecule has 0 radical (unpaired) electrons. The molecule has 0 aliphatic carbocycles. The number of hydrogen-bond donors (Lipinski definition) is 1. The SMILES string of the molecule is COc1ccc(CNC(C)(CCl)c2nnc(C#Cc3ccccc3)o2)cc1. The van der Waals surface area contributed by atoms with E-state index in [2.05, 4.69) is 27.4 Å². The molecule has 0 saturated heterocycles. The molecule has 0 aliphatic heterocycles. The first-order valence-corrected chi connectivity index (χ1v) is 9.01. The summed E-state index contributed by atoms with van der Waals surface area (Å²) in [6.45, 7) is 2.52. The van der Waals surface area contributed by atoms with E-state index in [1.165, 1.54) is 0 Å². The Balaban J connectivity index is 1.70.